The highest BCUT2D eigenvalue weighted by molar-refractivity contribution is 5.68. The Hall–Kier alpha value is -0.770. The average Bonchev–Trinajstić information content (AvgIpc) is 2.27. The van der Waals surface area contributed by atoms with Crippen LogP contribution >= 0.6 is 0 Å². The van der Waals surface area contributed by atoms with Crippen molar-refractivity contribution in [1.82, 2.24) is 10.2 Å². The van der Waals surface area contributed by atoms with Crippen LogP contribution in [0.2, 0.25) is 0 Å². The number of amides is 1. The van der Waals surface area contributed by atoms with E-state index in [1.165, 1.54) is 0 Å². The number of carbonyl (C=O) groups excluding carboxylic acids is 1. The number of rotatable bonds is 3. The molecule has 0 saturated carbocycles. The van der Waals surface area contributed by atoms with Crippen LogP contribution in [-0.4, -0.2) is 42.3 Å². The molecule has 1 fully saturated rings. The second-order valence-electron chi connectivity index (χ2n) is 6.15. The van der Waals surface area contributed by atoms with Crippen LogP contribution in [0, 0.1) is 5.92 Å². The molecule has 0 spiro atoms. The van der Waals surface area contributed by atoms with Crippen LogP contribution in [0.5, 0.6) is 0 Å². The molecule has 0 aromatic heterocycles. The van der Waals surface area contributed by atoms with Gasteiger partial charge in [-0.15, -0.1) is 0 Å². The number of nitrogens with zero attached hydrogens (tertiary/aromatic N) is 1. The van der Waals surface area contributed by atoms with Crippen molar-refractivity contribution in [2.75, 3.05) is 19.6 Å². The van der Waals surface area contributed by atoms with Gasteiger partial charge in [0.25, 0.3) is 0 Å². The predicted molar refractivity (Wildman–Crippen MR) is 73.7 cm³/mol. The van der Waals surface area contributed by atoms with Crippen molar-refractivity contribution in [1.29, 1.82) is 0 Å². The molecule has 1 saturated heterocycles. The van der Waals surface area contributed by atoms with Gasteiger partial charge >= 0.3 is 6.09 Å². The smallest absolute Gasteiger partial charge is 0.410 e. The highest BCUT2D eigenvalue weighted by Gasteiger charge is 2.28. The molecule has 1 rings (SSSR count). The Morgan fingerprint density at radius 3 is 2.39 bits per heavy atom. The van der Waals surface area contributed by atoms with Gasteiger partial charge in [-0.2, -0.15) is 0 Å². The Morgan fingerprint density at radius 2 is 1.94 bits per heavy atom. The molecule has 1 heterocycles. The number of nitrogens with one attached hydrogen (secondary N) is 1. The fourth-order valence-corrected chi connectivity index (χ4v) is 2.40. The van der Waals surface area contributed by atoms with Gasteiger partial charge in [-0.3, -0.25) is 0 Å². The minimum atomic E-state index is -0.398. The van der Waals surface area contributed by atoms with Gasteiger partial charge in [0.1, 0.15) is 5.60 Å². The summed E-state index contributed by atoms with van der Waals surface area (Å²) in [5, 5.41) is 3.46. The average molecular weight is 256 g/mol. The molecule has 4 heteroatoms. The topological polar surface area (TPSA) is 41.6 Å². The molecule has 0 aromatic rings. The summed E-state index contributed by atoms with van der Waals surface area (Å²) in [7, 11) is 0. The van der Waals surface area contributed by atoms with Gasteiger partial charge in [0.05, 0.1) is 0 Å². The summed E-state index contributed by atoms with van der Waals surface area (Å²) in [4.78, 5) is 13.7. The second-order valence-corrected chi connectivity index (χ2v) is 6.15. The van der Waals surface area contributed by atoms with E-state index < -0.39 is 5.60 Å². The maximum atomic E-state index is 11.9. The van der Waals surface area contributed by atoms with Gasteiger partial charge in [0.15, 0.2) is 0 Å². The minimum absolute atomic E-state index is 0.169. The van der Waals surface area contributed by atoms with Gasteiger partial charge in [0.2, 0.25) is 0 Å². The van der Waals surface area contributed by atoms with Gasteiger partial charge in [-0.1, -0.05) is 6.92 Å². The summed E-state index contributed by atoms with van der Waals surface area (Å²) < 4.78 is 5.39. The van der Waals surface area contributed by atoms with Crippen molar-refractivity contribution >= 4 is 6.09 Å². The van der Waals surface area contributed by atoms with Gasteiger partial charge in [-0.05, 0) is 53.0 Å². The summed E-state index contributed by atoms with van der Waals surface area (Å²) >= 11 is 0. The van der Waals surface area contributed by atoms with Gasteiger partial charge < -0.3 is 15.0 Å². The van der Waals surface area contributed by atoms with Crippen molar-refractivity contribution in [3.05, 3.63) is 0 Å². The first-order valence-electron chi connectivity index (χ1n) is 7.04. The molecule has 1 aliphatic rings. The Labute approximate surface area is 111 Å². The third kappa shape index (κ3) is 4.84. The maximum absolute atomic E-state index is 11.9. The van der Waals surface area contributed by atoms with Gasteiger partial charge in [-0.25, -0.2) is 4.79 Å². The third-order valence-corrected chi connectivity index (χ3v) is 3.42. The van der Waals surface area contributed by atoms with Crippen LogP contribution in [-0.2, 0) is 4.74 Å². The van der Waals surface area contributed by atoms with Crippen LogP contribution in [0.25, 0.3) is 0 Å². The van der Waals surface area contributed by atoms with E-state index in [1.54, 1.807) is 0 Å². The first-order chi connectivity index (χ1) is 8.33. The molecule has 4 nitrogen and oxygen atoms in total. The number of hydrogen-bond acceptors (Lipinski definition) is 3. The van der Waals surface area contributed by atoms with E-state index in [9.17, 15) is 4.79 Å². The molecule has 1 N–H and O–H groups in total. The SMILES string of the molecule is CCNC(C)C1CCN(C(=O)OC(C)(C)C)CC1. The van der Waals surface area contributed by atoms with Crippen LogP contribution in [0.15, 0.2) is 0 Å². The molecule has 1 aliphatic heterocycles. The summed E-state index contributed by atoms with van der Waals surface area (Å²) in [5.74, 6) is 0.670. The highest BCUT2D eigenvalue weighted by Crippen LogP contribution is 2.22. The van der Waals surface area contributed by atoms with E-state index in [4.69, 9.17) is 4.74 Å². The number of carbonyl (C=O) groups is 1. The quantitative estimate of drug-likeness (QED) is 0.844. The first kappa shape index (κ1) is 15.3. The monoisotopic (exact) mass is 256 g/mol. The van der Waals surface area contributed by atoms with Crippen LogP contribution in [0.3, 0.4) is 0 Å². The molecule has 1 amide bonds. The molecule has 18 heavy (non-hydrogen) atoms. The lowest BCUT2D eigenvalue weighted by molar-refractivity contribution is 0.0172. The highest BCUT2D eigenvalue weighted by atomic mass is 16.6. The van der Waals surface area contributed by atoms with E-state index in [2.05, 4.69) is 19.2 Å². The normalized spacial score (nSPS) is 19.7. The molecule has 0 aliphatic carbocycles. The van der Waals surface area contributed by atoms with Gasteiger partial charge in [0, 0.05) is 19.1 Å². The largest absolute Gasteiger partial charge is 0.444 e. The molecule has 0 bridgehead atoms. The second kappa shape index (κ2) is 6.41. The first-order valence-corrected chi connectivity index (χ1v) is 7.04. The zero-order valence-corrected chi connectivity index (χ0v) is 12.5. The number of hydrogen-bond donors (Lipinski definition) is 1. The lowest BCUT2D eigenvalue weighted by Crippen LogP contribution is -2.45. The van der Waals surface area contributed by atoms with E-state index >= 15 is 0 Å². The van der Waals surface area contributed by atoms with Crippen LogP contribution < -0.4 is 5.32 Å². The Bertz CT molecular complexity index is 265. The number of ether oxygens (including phenoxy) is 1. The summed E-state index contributed by atoms with van der Waals surface area (Å²) in [6, 6.07) is 0.538. The Kier molecular flexibility index (Phi) is 5.45. The Balaban J connectivity index is 2.37. The zero-order valence-electron chi connectivity index (χ0n) is 12.5. The van der Waals surface area contributed by atoms with E-state index in [0.29, 0.717) is 12.0 Å². The molecular formula is C14H28N2O2. The van der Waals surface area contributed by atoms with Crippen molar-refractivity contribution in [2.24, 2.45) is 5.92 Å². The Morgan fingerprint density at radius 1 is 1.39 bits per heavy atom. The van der Waals surface area contributed by atoms with Crippen LogP contribution in [0.1, 0.15) is 47.5 Å². The minimum Gasteiger partial charge on any atom is -0.444 e. The van der Waals surface area contributed by atoms with E-state index in [0.717, 1.165) is 32.5 Å². The van der Waals surface area contributed by atoms with Crippen molar-refractivity contribution in [2.45, 2.75) is 59.1 Å². The fourth-order valence-electron chi connectivity index (χ4n) is 2.40. The zero-order chi connectivity index (χ0) is 13.8. The van der Waals surface area contributed by atoms with Crippen molar-refractivity contribution in [3.8, 4) is 0 Å². The van der Waals surface area contributed by atoms with E-state index in [1.807, 2.05) is 25.7 Å². The number of piperidine rings is 1. The van der Waals surface area contributed by atoms with E-state index in [-0.39, 0.29) is 6.09 Å². The number of likely N-dealkylation sites (tertiary alicyclic amines) is 1. The third-order valence-electron chi connectivity index (χ3n) is 3.42. The molecule has 0 radical (unpaired) electrons. The molecule has 0 aromatic carbocycles. The maximum Gasteiger partial charge on any atom is 0.410 e. The summed E-state index contributed by atoms with van der Waals surface area (Å²) in [6.45, 7) is 12.7. The fraction of sp³-hybridized carbons (Fsp3) is 0.929. The lowest BCUT2D eigenvalue weighted by Gasteiger charge is -2.35. The predicted octanol–water partition coefficient (Wildman–Crippen LogP) is 2.63. The van der Waals surface area contributed by atoms with Crippen molar-refractivity contribution in [3.63, 3.8) is 0 Å². The van der Waals surface area contributed by atoms with Crippen LogP contribution in [0.4, 0.5) is 4.79 Å². The summed E-state index contributed by atoms with van der Waals surface area (Å²) in [5.41, 5.74) is -0.398. The lowest BCUT2D eigenvalue weighted by atomic mass is 9.90. The molecule has 1 unspecified atom stereocenters. The summed E-state index contributed by atoms with van der Waals surface area (Å²) in [6.07, 6.45) is 1.96. The molecule has 1 atom stereocenters. The van der Waals surface area contributed by atoms with Crippen molar-refractivity contribution < 1.29 is 9.53 Å². The standard InChI is InChI=1S/C14H28N2O2/c1-6-15-11(2)12-7-9-16(10-8-12)13(17)18-14(3,4)5/h11-12,15H,6-10H2,1-5H3. The molecule has 106 valence electrons. The molecular weight excluding hydrogens is 228 g/mol.